The second kappa shape index (κ2) is 5.10. The van der Waals surface area contributed by atoms with Crippen LogP contribution >= 0.6 is 0 Å². The maximum absolute atomic E-state index is 5.70. The van der Waals surface area contributed by atoms with Crippen LogP contribution in [0.2, 0.25) is 6.32 Å². The minimum absolute atomic E-state index is 0.821. The first-order valence-electron chi connectivity index (χ1n) is 6.82. The molecule has 0 aliphatic carbocycles. The summed E-state index contributed by atoms with van der Waals surface area (Å²) in [7, 11) is 0.974. The average molecular weight is 251 g/mol. The van der Waals surface area contributed by atoms with E-state index in [-0.39, 0.29) is 0 Å². The van der Waals surface area contributed by atoms with Crippen LogP contribution in [0.3, 0.4) is 0 Å². The van der Waals surface area contributed by atoms with Crippen LogP contribution in [-0.2, 0) is 4.84 Å². The quantitative estimate of drug-likeness (QED) is 0.757. The molecular formula is C16H18BNO. The molecule has 1 fully saturated rings. The highest BCUT2D eigenvalue weighted by molar-refractivity contribution is 6.41. The fraction of sp³-hybridized carbons (Fsp3) is 0.250. The van der Waals surface area contributed by atoms with Crippen molar-refractivity contribution in [1.29, 1.82) is 0 Å². The molecule has 19 heavy (non-hydrogen) atoms. The van der Waals surface area contributed by atoms with Gasteiger partial charge in [-0.05, 0) is 37.9 Å². The Labute approximate surface area is 115 Å². The van der Waals surface area contributed by atoms with E-state index in [9.17, 15) is 0 Å². The molecule has 3 rings (SSSR count). The van der Waals surface area contributed by atoms with Gasteiger partial charge in [-0.15, -0.1) is 0 Å². The van der Waals surface area contributed by atoms with Gasteiger partial charge >= 0.3 is 0 Å². The second-order valence-corrected chi connectivity index (χ2v) is 5.18. The number of benzene rings is 2. The van der Waals surface area contributed by atoms with Gasteiger partial charge in [-0.25, -0.2) is 0 Å². The summed E-state index contributed by atoms with van der Waals surface area (Å²) in [5.41, 5.74) is 6.24. The zero-order valence-electron chi connectivity index (χ0n) is 11.5. The van der Waals surface area contributed by atoms with Gasteiger partial charge in [0.15, 0.2) is 0 Å². The summed E-state index contributed by atoms with van der Waals surface area (Å²) < 4.78 is 0. The Morgan fingerprint density at radius 2 is 1.74 bits per heavy atom. The Morgan fingerprint density at radius 1 is 1.00 bits per heavy atom. The van der Waals surface area contributed by atoms with Gasteiger partial charge in [0, 0.05) is 5.56 Å². The predicted octanol–water partition coefficient (Wildman–Crippen LogP) is 3.49. The molecule has 0 radical (unpaired) electrons. The summed E-state index contributed by atoms with van der Waals surface area (Å²) >= 11 is 0. The molecule has 1 heterocycles. The Bertz CT molecular complexity index is 574. The molecule has 0 bridgehead atoms. The average Bonchev–Trinajstić information content (AvgIpc) is 2.93. The van der Waals surface area contributed by atoms with Crippen molar-refractivity contribution < 1.29 is 4.84 Å². The fourth-order valence-corrected chi connectivity index (χ4v) is 2.47. The molecule has 0 unspecified atom stereocenters. The maximum Gasteiger partial charge on any atom is 0.275 e. The van der Waals surface area contributed by atoms with Crippen LogP contribution in [0, 0.1) is 13.8 Å². The molecule has 1 saturated heterocycles. The van der Waals surface area contributed by atoms with Gasteiger partial charge in [0.2, 0.25) is 0 Å². The molecule has 1 aliphatic heterocycles. The topological polar surface area (TPSA) is 12.5 Å². The lowest BCUT2D eigenvalue weighted by Crippen LogP contribution is -2.19. The van der Waals surface area contributed by atoms with Crippen molar-refractivity contribution >= 4 is 13.1 Å². The zero-order valence-corrected chi connectivity index (χ0v) is 11.5. The zero-order chi connectivity index (χ0) is 13.2. The van der Waals surface area contributed by atoms with E-state index in [2.05, 4.69) is 56.3 Å². The van der Waals surface area contributed by atoms with E-state index in [1.807, 2.05) is 4.97 Å². The molecule has 0 spiro atoms. The molecule has 2 nitrogen and oxygen atoms in total. The molecule has 0 amide bonds. The number of anilines is 1. The van der Waals surface area contributed by atoms with Gasteiger partial charge in [-0.3, -0.25) is 4.84 Å². The molecular weight excluding hydrogens is 233 g/mol. The monoisotopic (exact) mass is 251 g/mol. The third kappa shape index (κ3) is 2.52. The van der Waals surface area contributed by atoms with Gasteiger partial charge in [-0.1, -0.05) is 41.5 Å². The molecule has 0 atom stereocenters. The van der Waals surface area contributed by atoms with E-state index in [0.717, 1.165) is 20.3 Å². The third-order valence-electron chi connectivity index (χ3n) is 3.54. The largest absolute Gasteiger partial charge is 0.304 e. The molecule has 2 aromatic carbocycles. The van der Waals surface area contributed by atoms with Crippen LogP contribution in [0.5, 0.6) is 0 Å². The fourth-order valence-electron chi connectivity index (χ4n) is 2.47. The first-order valence-corrected chi connectivity index (χ1v) is 6.82. The van der Waals surface area contributed by atoms with Crippen LogP contribution in [-0.4, -0.2) is 14.0 Å². The first kappa shape index (κ1) is 12.3. The van der Waals surface area contributed by atoms with Gasteiger partial charge in [0.25, 0.3) is 7.41 Å². The van der Waals surface area contributed by atoms with Crippen molar-refractivity contribution in [3.63, 3.8) is 0 Å². The van der Waals surface area contributed by atoms with E-state index < -0.39 is 0 Å². The molecule has 0 aromatic heterocycles. The van der Waals surface area contributed by atoms with Crippen LogP contribution < -0.4 is 4.97 Å². The van der Waals surface area contributed by atoms with Gasteiger partial charge < -0.3 is 4.97 Å². The molecule has 1 aliphatic rings. The summed E-state index contributed by atoms with van der Waals surface area (Å²) in [6, 6.07) is 15.2. The van der Waals surface area contributed by atoms with Crippen molar-refractivity contribution in [2.45, 2.75) is 20.2 Å². The third-order valence-corrected chi connectivity index (χ3v) is 3.54. The standard InChI is InChI=1S/C16H18BNO/c1-12-3-6-14(7-4-12)15-11-13(2)5-8-16(15)18-17-9-10-19-18/h3-8,11,17H,9-10H2,1-2H3. The second-order valence-electron chi connectivity index (χ2n) is 5.18. The van der Waals surface area contributed by atoms with E-state index in [1.165, 1.54) is 27.9 Å². The summed E-state index contributed by atoms with van der Waals surface area (Å²) in [5, 5.41) is 0. The number of aryl methyl sites for hydroxylation is 2. The normalized spacial score (nSPS) is 14.5. The Balaban J connectivity index is 2.07. The predicted molar refractivity (Wildman–Crippen MR) is 81.7 cm³/mol. The summed E-state index contributed by atoms with van der Waals surface area (Å²) in [6.45, 7) is 5.07. The van der Waals surface area contributed by atoms with E-state index >= 15 is 0 Å². The Hall–Kier alpha value is -1.74. The molecule has 96 valence electrons. The van der Waals surface area contributed by atoms with Crippen LogP contribution in [0.1, 0.15) is 11.1 Å². The van der Waals surface area contributed by atoms with Crippen molar-refractivity contribution in [3.8, 4) is 11.1 Å². The van der Waals surface area contributed by atoms with Crippen LogP contribution in [0.15, 0.2) is 42.5 Å². The minimum atomic E-state index is 0.821. The maximum atomic E-state index is 5.70. The summed E-state index contributed by atoms with van der Waals surface area (Å²) in [4.78, 5) is 7.72. The number of hydrogen-bond donors (Lipinski definition) is 0. The van der Waals surface area contributed by atoms with Crippen molar-refractivity contribution in [2.24, 2.45) is 0 Å². The Morgan fingerprint density at radius 3 is 2.42 bits per heavy atom. The van der Waals surface area contributed by atoms with Crippen LogP contribution in [0.4, 0.5) is 5.69 Å². The lowest BCUT2D eigenvalue weighted by molar-refractivity contribution is 0.185. The lowest BCUT2D eigenvalue weighted by atomic mass is 9.88. The molecule has 0 saturated carbocycles. The highest BCUT2D eigenvalue weighted by Gasteiger charge is 2.18. The van der Waals surface area contributed by atoms with E-state index in [0.29, 0.717) is 0 Å². The number of rotatable bonds is 2. The van der Waals surface area contributed by atoms with E-state index in [4.69, 9.17) is 4.84 Å². The molecule has 3 heteroatoms. The number of nitrogens with zero attached hydrogens (tertiary/aromatic N) is 1. The SMILES string of the molecule is Cc1ccc(-c2cc(C)ccc2N2BCCO2)cc1. The minimum Gasteiger partial charge on any atom is -0.304 e. The van der Waals surface area contributed by atoms with Crippen molar-refractivity contribution in [2.75, 3.05) is 11.6 Å². The summed E-state index contributed by atoms with van der Waals surface area (Å²) in [5.74, 6) is 0. The Kier molecular flexibility index (Phi) is 3.30. The lowest BCUT2D eigenvalue weighted by Gasteiger charge is -2.21. The molecule has 2 aromatic rings. The van der Waals surface area contributed by atoms with Crippen LogP contribution in [0.25, 0.3) is 11.1 Å². The van der Waals surface area contributed by atoms with Gasteiger partial charge in [-0.2, -0.15) is 0 Å². The van der Waals surface area contributed by atoms with E-state index in [1.54, 1.807) is 0 Å². The first-order chi connectivity index (χ1) is 9.24. The number of hydrogen-bond acceptors (Lipinski definition) is 2. The van der Waals surface area contributed by atoms with Gasteiger partial charge in [0.05, 0.1) is 12.3 Å². The highest BCUT2D eigenvalue weighted by Crippen LogP contribution is 2.33. The molecule has 0 N–H and O–H groups in total. The highest BCUT2D eigenvalue weighted by atomic mass is 16.7. The van der Waals surface area contributed by atoms with Crippen molar-refractivity contribution in [3.05, 3.63) is 53.6 Å². The van der Waals surface area contributed by atoms with Crippen molar-refractivity contribution in [1.82, 2.24) is 0 Å². The summed E-state index contributed by atoms with van der Waals surface area (Å²) in [6.07, 6.45) is 1.10. The smallest absolute Gasteiger partial charge is 0.275 e. The van der Waals surface area contributed by atoms with Gasteiger partial charge in [0.1, 0.15) is 0 Å².